The minimum Gasteiger partial charge on any atom is -0.504 e. The second kappa shape index (κ2) is 4.49. The number of hydrogen-bond donors (Lipinski definition) is 2. The van der Waals surface area contributed by atoms with Crippen LogP contribution in [0.15, 0.2) is 28.7 Å². The van der Waals surface area contributed by atoms with Crippen molar-refractivity contribution in [1.82, 2.24) is 4.90 Å². The zero-order valence-corrected chi connectivity index (χ0v) is 13.3. The second-order valence-corrected chi connectivity index (χ2v) is 6.86. The summed E-state index contributed by atoms with van der Waals surface area (Å²) in [6, 6.07) is 8.11. The van der Waals surface area contributed by atoms with Crippen LogP contribution in [0.25, 0.3) is 11.1 Å². The molecule has 0 saturated heterocycles. The van der Waals surface area contributed by atoms with Crippen molar-refractivity contribution >= 4 is 15.9 Å². The van der Waals surface area contributed by atoms with Gasteiger partial charge in [-0.05, 0) is 60.3 Å². The maximum atomic E-state index is 10.3. The average Bonchev–Trinajstić information content (AvgIpc) is 2.46. The number of phenolic OH excluding ortho intramolecular Hbond substituents is 2. The predicted molar refractivity (Wildman–Crippen MR) is 85.7 cm³/mol. The summed E-state index contributed by atoms with van der Waals surface area (Å²) in [6.45, 7) is 1.05. The standard InChI is InChI=1S/C17H16BrNO2/c1-19-5-4-10-6-11(18)8-12-15(10)13(19)7-9-2-3-14(20)17(21)16(9)12/h2-3,6,8,13,20-21H,4-5,7H2,1H3/t13-/m1/s1. The van der Waals surface area contributed by atoms with Crippen molar-refractivity contribution < 1.29 is 10.2 Å². The van der Waals surface area contributed by atoms with Crippen LogP contribution < -0.4 is 0 Å². The van der Waals surface area contributed by atoms with Gasteiger partial charge in [-0.3, -0.25) is 4.90 Å². The summed E-state index contributed by atoms with van der Waals surface area (Å²) in [4.78, 5) is 2.38. The third-order valence-electron chi connectivity index (χ3n) is 4.76. The number of rotatable bonds is 0. The lowest BCUT2D eigenvalue weighted by Crippen LogP contribution is -2.35. The van der Waals surface area contributed by atoms with Gasteiger partial charge in [-0.25, -0.2) is 0 Å². The van der Waals surface area contributed by atoms with Crippen LogP contribution in [0.3, 0.4) is 0 Å². The predicted octanol–water partition coefficient (Wildman–Crippen LogP) is 3.61. The lowest BCUT2D eigenvalue weighted by molar-refractivity contribution is 0.228. The molecule has 2 aromatic rings. The van der Waals surface area contributed by atoms with E-state index in [1.807, 2.05) is 6.07 Å². The number of likely N-dealkylation sites (N-methyl/N-ethyl adjacent to an activating group) is 1. The van der Waals surface area contributed by atoms with Gasteiger partial charge in [0.05, 0.1) is 0 Å². The van der Waals surface area contributed by atoms with Gasteiger partial charge in [-0.2, -0.15) is 0 Å². The molecule has 0 radical (unpaired) electrons. The van der Waals surface area contributed by atoms with Crippen molar-refractivity contribution in [3.8, 4) is 22.6 Å². The van der Waals surface area contributed by atoms with Gasteiger partial charge in [0.2, 0.25) is 0 Å². The van der Waals surface area contributed by atoms with Crippen LogP contribution in [0.1, 0.15) is 22.7 Å². The summed E-state index contributed by atoms with van der Waals surface area (Å²) in [5.74, 6) is -0.0513. The van der Waals surface area contributed by atoms with E-state index in [1.165, 1.54) is 11.1 Å². The highest BCUT2D eigenvalue weighted by Crippen LogP contribution is 2.50. The molecule has 0 saturated carbocycles. The molecule has 1 atom stereocenters. The Labute approximate surface area is 132 Å². The number of fused-ring (bicyclic) bond motifs is 2. The first-order chi connectivity index (χ1) is 10.1. The van der Waals surface area contributed by atoms with E-state index in [-0.39, 0.29) is 11.5 Å². The summed E-state index contributed by atoms with van der Waals surface area (Å²) in [7, 11) is 2.16. The summed E-state index contributed by atoms with van der Waals surface area (Å²) in [6.07, 6.45) is 1.89. The Morgan fingerprint density at radius 2 is 2.00 bits per heavy atom. The van der Waals surface area contributed by atoms with Crippen LogP contribution in [0.5, 0.6) is 11.5 Å². The fourth-order valence-corrected chi connectivity index (χ4v) is 4.22. The third kappa shape index (κ3) is 1.82. The average molecular weight is 346 g/mol. The van der Waals surface area contributed by atoms with Gasteiger partial charge in [0.25, 0.3) is 0 Å². The zero-order valence-electron chi connectivity index (χ0n) is 11.7. The van der Waals surface area contributed by atoms with Crippen molar-refractivity contribution in [3.63, 3.8) is 0 Å². The molecule has 0 fully saturated rings. The normalized spacial score (nSPS) is 20.0. The molecular weight excluding hydrogens is 330 g/mol. The van der Waals surface area contributed by atoms with Crippen LogP contribution in [-0.4, -0.2) is 28.7 Å². The molecule has 0 bridgehead atoms. The van der Waals surface area contributed by atoms with Crippen molar-refractivity contribution in [1.29, 1.82) is 0 Å². The molecular formula is C17H16BrNO2. The molecule has 0 spiro atoms. The fourth-order valence-electron chi connectivity index (χ4n) is 3.71. The van der Waals surface area contributed by atoms with Crippen LogP contribution in [0.4, 0.5) is 0 Å². The largest absolute Gasteiger partial charge is 0.504 e. The molecule has 4 rings (SSSR count). The molecule has 0 aromatic heterocycles. The number of hydrogen-bond acceptors (Lipinski definition) is 3. The Bertz CT molecular complexity index is 757. The summed E-state index contributed by atoms with van der Waals surface area (Å²) < 4.78 is 1.02. The number of phenols is 2. The maximum Gasteiger partial charge on any atom is 0.165 e. The molecule has 108 valence electrons. The molecule has 1 heterocycles. The monoisotopic (exact) mass is 345 g/mol. The van der Waals surface area contributed by atoms with Gasteiger partial charge < -0.3 is 10.2 Å². The number of halogens is 1. The molecule has 2 aromatic carbocycles. The molecule has 4 heteroatoms. The van der Waals surface area contributed by atoms with Gasteiger partial charge in [0.15, 0.2) is 11.5 Å². The Kier molecular flexibility index (Phi) is 2.81. The van der Waals surface area contributed by atoms with Crippen LogP contribution in [0.2, 0.25) is 0 Å². The van der Waals surface area contributed by atoms with Crippen LogP contribution in [-0.2, 0) is 12.8 Å². The van der Waals surface area contributed by atoms with E-state index >= 15 is 0 Å². The van der Waals surface area contributed by atoms with Crippen molar-refractivity contribution in [3.05, 3.63) is 45.4 Å². The summed E-state index contributed by atoms with van der Waals surface area (Å²) >= 11 is 3.58. The highest BCUT2D eigenvalue weighted by molar-refractivity contribution is 9.10. The first kappa shape index (κ1) is 13.2. The third-order valence-corrected chi connectivity index (χ3v) is 5.21. The summed E-state index contributed by atoms with van der Waals surface area (Å²) in [5.41, 5.74) is 5.58. The van der Waals surface area contributed by atoms with Gasteiger partial charge in [-0.15, -0.1) is 0 Å². The number of benzene rings is 2. The Hall–Kier alpha value is -1.52. The van der Waals surface area contributed by atoms with Crippen LogP contribution >= 0.6 is 15.9 Å². The molecule has 3 nitrogen and oxygen atoms in total. The smallest absolute Gasteiger partial charge is 0.165 e. The van der Waals surface area contributed by atoms with E-state index in [0.717, 1.165) is 40.5 Å². The highest BCUT2D eigenvalue weighted by Gasteiger charge is 2.34. The lowest BCUT2D eigenvalue weighted by atomic mass is 9.77. The van der Waals surface area contributed by atoms with Crippen molar-refractivity contribution in [2.45, 2.75) is 18.9 Å². The van der Waals surface area contributed by atoms with Crippen LogP contribution in [0, 0.1) is 0 Å². The van der Waals surface area contributed by atoms with E-state index in [1.54, 1.807) is 6.07 Å². The maximum absolute atomic E-state index is 10.3. The molecule has 21 heavy (non-hydrogen) atoms. The van der Waals surface area contributed by atoms with E-state index in [4.69, 9.17) is 0 Å². The van der Waals surface area contributed by atoms with Gasteiger partial charge >= 0.3 is 0 Å². The molecule has 0 amide bonds. The first-order valence-corrected chi connectivity index (χ1v) is 7.92. The fraction of sp³-hybridized carbons (Fsp3) is 0.294. The van der Waals surface area contributed by atoms with E-state index < -0.39 is 0 Å². The minimum absolute atomic E-state index is 0.000485. The molecule has 1 aliphatic carbocycles. The van der Waals surface area contributed by atoms with Gasteiger partial charge in [0, 0.05) is 22.6 Å². The first-order valence-electron chi connectivity index (χ1n) is 7.13. The number of nitrogens with zero attached hydrogens (tertiary/aromatic N) is 1. The molecule has 0 unspecified atom stereocenters. The van der Waals surface area contributed by atoms with E-state index in [9.17, 15) is 10.2 Å². The Balaban J connectivity index is 2.08. The van der Waals surface area contributed by atoms with Gasteiger partial charge in [-0.1, -0.05) is 22.0 Å². The highest BCUT2D eigenvalue weighted by atomic mass is 79.9. The van der Waals surface area contributed by atoms with Crippen molar-refractivity contribution in [2.75, 3.05) is 13.6 Å². The van der Waals surface area contributed by atoms with E-state index in [0.29, 0.717) is 6.04 Å². The zero-order chi connectivity index (χ0) is 14.7. The molecule has 2 aliphatic rings. The number of aromatic hydroxyl groups is 2. The topological polar surface area (TPSA) is 43.7 Å². The second-order valence-electron chi connectivity index (χ2n) is 5.94. The summed E-state index contributed by atoms with van der Waals surface area (Å²) in [5, 5.41) is 20.2. The van der Waals surface area contributed by atoms with Gasteiger partial charge in [0.1, 0.15) is 0 Å². The minimum atomic E-state index is -0.0508. The molecule has 2 N–H and O–H groups in total. The van der Waals surface area contributed by atoms with E-state index in [2.05, 4.69) is 40.0 Å². The Morgan fingerprint density at radius 1 is 1.19 bits per heavy atom. The SMILES string of the molecule is CN1CCc2cc(Br)cc3c2[C@H]1Cc1ccc(O)c(O)c1-3. The molecule has 1 aliphatic heterocycles. The van der Waals surface area contributed by atoms with Crippen molar-refractivity contribution in [2.24, 2.45) is 0 Å². The Morgan fingerprint density at radius 3 is 2.81 bits per heavy atom. The lowest BCUT2D eigenvalue weighted by Gasteiger charge is -2.40. The quantitative estimate of drug-likeness (QED) is 0.717.